The second kappa shape index (κ2) is 34.0. The van der Waals surface area contributed by atoms with Crippen molar-refractivity contribution in [2.75, 3.05) is 112 Å². The summed E-state index contributed by atoms with van der Waals surface area (Å²) >= 11 is 0. The number of aliphatic hydroxyl groups is 2. The van der Waals surface area contributed by atoms with E-state index in [2.05, 4.69) is 143 Å². The van der Waals surface area contributed by atoms with E-state index in [4.69, 9.17) is 5.11 Å². The highest BCUT2D eigenvalue weighted by Gasteiger charge is 2.28. The van der Waals surface area contributed by atoms with Crippen LogP contribution in [0.15, 0.2) is 0 Å². The molecule has 0 amide bonds. The second-order valence-corrected chi connectivity index (χ2v) is 22.3. The summed E-state index contributed by atoms with van der Waals surface area (Å²) in [6, 6.07) is 5.06. The van der Waals surface area contributed by atoms with Crippen molar-refractivity contribution in [3.05, 3.63) is 0 Å². The van der Waals surface area contributed by atoms with Gasteiger partial charge in [-0.1, -0.05) is 12.8 Å². The molecule has 0 saturated carbocycles. The van der Waals surface area contributed by atoms with Crippen LogP contribution in [0, 0.1) is 0 Å². The Kier molecular flexibility index (Phi) is 32.7. The van der Waals surface area contributed by atoms with Crippen LogP contribution in [0.1, 0.15) is 181 Å². The molecule has 1 atom stereocenters. The fraction of sp³-hybridized carbons (Fsp3) is 1.00. The minimum atomic E-state index is -0.397. The maximum Gasteiger partial charge on any atom is 0.0679 e. The van der Waals surface area contributed by atoms with Gasteiger partial charge in [-0.25, -0.2) is 0 Å². The van der Waals surface area contributed by atoms with Crippen molar-refractivity contribution in [3.63, 3.8) is 0 Å². The monoisotopic (exact) mass is 895 g/mol. The minimum absolute atomic E-state index is 0.0626. The number of nitrogens with zero attached hydrogens (tertiary/aromatic N) is 8. The molecule has 1 unspecified atom stereocenters. The third-order valence-corrected chi connectivity index (χ3v) is 14.5. The molecule has 7 heterocycles. The van der Waals surface area contributed by atoms with Crippen molar-refractivity contribution in [3.8, 4) is 0 Å². The first kappa shape index (κ1) is 60.6. The Morgan fingerprint density at radius 1 is 0.349 bits per heavy atom. The predicted octanol–water partition coefficient (Wildman–Crippen LogP) is 8.70. The summed E-state index contributed by atoms with van der Waals surface area (Å²) in [7, 11) is 2.19. The molecule has 7 saturated heterocycles. The van der Waals surface area contributed by atoms with Gasteiger partial charge in [-0.15, -0.1) is 0 Å². The Balaban J connectivity index is 0.000000369. The quantitative estimate of drug-likeness (QED) is 0.260. The lowest BCUT2D eigenvalue weighted by Gasteiger charge is -2.37. The standard InChI is InChI=1S/C9H19NO.C8H18N2.2C8H17N.C7H15NO.C7H15N.C6H13N/c1-8(2)10-6-4-9(3,11)5-7-10;1-8(2)10-6-4-9(3)5-7-10;2*1-8(2)9-6-4-3-5-7-9;1-6(2)8-4-3-7(9)5-8;1-7(2)8-5-3-4-6-8;1-6(2)7-4-3-5-7/h8,11H,4-7H2,1-3H3;8H,4-7H2,1-3H3;2*8H,3-7H2,1-2H3;6-7,9H,3-5H2,1-2H3;7H,3-6H2,1-2H3;6H,3-5H2,1-2H3. The molecule has 10 nitrogen and oxygen atoms in total. The third kappa shape index (κ3) is 28.5. The molecular weight excluding hydrogens is 781 g/mol. The normalized spacial score (nSPS) is 24.6. The van der Waals surface area contributed by atoms with Crippen LogP contribution >= 0.6 is 0 Å². The Morgan fingerprint density at radius 2 is 0.619 bits per heavy atom. The molecule has 0 spiro atoms. The Bertz CT molecular complexity index is 998. The largest absolute Gasteiger partial charge is 0.392 e. The molecule has 7 aliphatic heterocycles. The van der Waals surface area contributed by atoms with Crippen LogP contribution in [0.5, 0.6) is 0 Å². The van der Waals surface area contributed by atoms with Gasteiger partial charge in [-0.3, -0.25) is 9.80 Å². The molecule has 0 bridgehead atoms. The zero-order valence-corrected chi connectivity index (χ0v) is 45.4. The molecule has 0 aromatic carbocycles. The number of aliphatic hydroxyl groups excluding tert-OH is 1. The van der Waals surface area contributed by atoms with Gasteiger partial charge in [-0.2, -0.15) is 0 Å². The van der Waals surface area contributed by atoms with Crippen LogP contribution in [0.3, 0.4) is 0 Å². The van der Waals surface area contributed by atoms with Gasteiger partial charge in [0.25, 0.3) is 0 Å². The highest BCUT2D eigenvalue weighted by atomic mass is 16.3. The zero-order valence-electron chi connectivity index (χ0n) is 45.4. The summed E-state index contributed by atoms with van der Waals surface area (Å²) in [6.45, 7) is 53.0. The summed E-state index contributed by atoms with van der Waals surface area (Å²) in [4.78, 5) is 19.7. The first-order valence-corrected chi connectivity index (χ1v) is 26.9. The van der Waals surface area contributed by atoms with Gasteiger partial charge < -0.3 is 39.6 Å². The topological polar surface area (TPSA) is 66.4 Å². The van der Waals surface area contributed by atoms with Crippen LogP contribution in [0.2, 0.25) is 0 Å². The van der Waals surface area contributed by atoms with Crippen LogP contribution in [0.25, 0.3) is 0 Å². The average Bonchev–Trinajstić information content (AvgIpc) is 3.93. The molecule has 378 valence electrons. The lowest BCUT2D eigenvalue weighted by atomic mass is 9.93. The van der Waals surface area contributed by atoms with E-state index in [1.807, 2.05) is 6.92 Å². The van der Waals surface area contributed by atoms with E-state index in [0.717, 1.165) is 75.7 Å². The highest BCUT2D eigenvalue weighted by Crippen LogP contribution is 2.22. The Labute approximate surface area is 394 Å². The smallest absolute Gasteiger partial charge is 0.0679 e. The van der Waals surface area contributed by atoms with Crippen molar-refractivity contribution in [2.24, 2.45) is 0 Å². The van der Waals surface area contributed by atoms with Crippen LogP contribution in [-0.4, -0.2) is 215 Å². The van der Waals surface area contributed by atoms with E-state index >= 15 is 0 Å². The highest BCUT2D eigenvalue weighted by molar-refractivity contribution is 4.83. The SMILES string of the molecule is CC(C)N1CCC(C)(O)CC1.CC(C)N1CCC(O)C1.CC(C)N1CCC1.CC(C)N1CCCC1.CC(C)N1CCCCC1.CC(C)N1CCCCC1.CC(C)N1CCN(C)CC1. The maximum atomic E-state index is 9.65. The van der Waals surface area contributed by atoms with Gasteiger partial charge >= 0.3 is 0 Å². The summed E-state index contributed by atoms with van der Waals surface area (Å²) in [5.41, 5.74) is -0.397. The number of piperidine rings is 3. The molecule has 63 heavy (non-hydrogen) atoms. The zero-order chi connectivity index (χ0) is 47.5. The number of likely N-dealkylation sites (N-methyl/N-ethyl adjacent to an activating group) is 1. The summed E-state index contributed by atoms with van der Waals surface area (Å²) in [5.74, 6) is 0. The molecule has 0 aliphatic carbocycles. The Hall–Kier alpha value is -0.400. The molecule has 7 fully saturated rings. The van der Waals surface area contributed by atoms with Gasteiger partial charge in [0, 0.05) is 94.7 Å². The van der Waals surface area contributed by atoms with Gasteiger partial charge in [0.05, 0.1) is 11.7 Å². The van der Waals surface area contributed by atoms with E-state index in [0.29, 0.717) is 12.1 Å². The van der Waals surface area contributed by atoms with Gasteiger partial charge in [0.15, 0.2) is 0 Å². The van der Waals surface area contributed by atoms with Crippen LogP contribution < -0.4 is 0 Å². The van der Waals surface area contributed by atoms with Crippen molar-refractivity contribution in [1.29, 1.82) is 0 Å². The molecular formula is C53H114N8O2. The van der Waals surface area contributed by atoms with Crippen molar-refractivity contribution < 1.29 is 10.2 Å². The molecule has 0 radical (unpaired) electrons. The molecule has 2 N–H and O–H groups in total. The van der Waals surface area contributed by atoms with Gasteiger partial charge in [0.2, 0.25) is 0 Å². The van der Waals surface area contributed by atoms with Crippen molar-refractivity contribution >= 4 is 0 Å². The number of hydrogen-bond acceptors (Lipinski definition) is 10. The fourth-order valence-electron chi connectivity index (χ4n) is 9.08. The first-order valence-electron chi connectivity index (χ1n) is 26.9. The first-order chi connectivity index (χ1) is 29.6. The van der Waals surface area contributed by atoms with Crippen LogP contribution in [-0.2, 0) is 0 Å². The number of piperazine rings is 1. The number of likely N-dealkylation sites (tertiary alicyclic amines) is 6. The van der Waals surface area contributed by atoms with Gasteiger partial charge in [0.1, 0.15) is 0 Å². The maximum absolute atomic E-state index is 9.65. The number of hydrogen-bond donors (Lipinski definition) is 2. The van der Waals surface area contributed by atoms with E-state index in [1.54, 1.807) is 0 Å². The minimum Gasteiger partial charge on any atom is -0.392 e. The van der Waals surface area contributed by atoms with E-state index in [9.17, 15) is 5.11 Å². The van der Waals surface area contributed by atoms with E-state index in [-0.39, 0.29) is 6.10 Å². The number of β-amino-alcohol motifs (C(OH)–C–C–N with tert-alkyl or cyclic N) is 1. The average molecular weight is 896 g/mol. The molecule has 10 heteroatoms. The molecule has 0 aromatic rings. The Morgan fingerprint density at radius 3 is 0.841 bits per heavy atom. The lowest BCUT2D eigenvalue weighted by molar-refractivity contribution is -0.0126. The van der Waals surface area contributed by atoms with Gasteiger partial charge in [-0.05, 0) is 227 Å². The van der Waals surface area contributed by atoms with Crippen LogP contribution in [0.4, 0.5) is 0 Å². The predicted molar refractivity (Wildman–Crippen MR) is 276 cm³/mol. The van der Waals surface area contributed by atoms with E-state index in [1.165, 1.54) is 136 Å². The van der Waals surface area contributed by atoms with E-state index < -0.39 is 5.60 Å². The molecule has 0 aromatic heterocycles. The number of rotatable bonds is 7. The van der Waals surface area contributed by atoms with Crippen molar-refractivity contribution in [1.82, 2.24) is 39.2 Å². The third-order valence-electron chi connectivity index (χ3n) is 14.5. The lowest BCUT2D eigenvalue weighted by Crippen LogP contribution is -2.47. The summed E-state index contributed by atoms with van der Waals surface area (Å²) in [6.07, 6.45) is 15.5. The molecule has 7 rings (SSSR count). The summed E-state index contributed by atoms with van der Waals surface area (Å²) < 4.78 is 0. The fourth-order valence-corrected chi connectivity index (χ4v) is 9.08. The summed E-state index contributed by atoms with van der Waals surface area (Å²) in [5, 5.41) is 18.8. The van der Waals surface area contributed by atoms with Crippen molar-refractivity contribution in [2.45, 2.75) is 235 Å². The second-order valence-electron chi connectivity index (χ2n) is 22.3. The molecule has 7 aliphatic rings.